The van der Waals surface area contributed by atoms with Crippen LogP contribution in [-0.4, -0.2) is 37.8 Å². The summed E-state index contributed by atoms with van der Waals surface area (Å²) >= 11 is 0. The van der Waals surface area contributed by atoms with Gasteiger partial charge in [-0.15, -0.1) is 0 Å². The number of anilines is 1. The van der Waals surface area contributed by atoms with Crippen LogP contribution < -0.4 is 10.2 Å². The fourth-order valence-electron chi connectivity index (χ4n) is 2.11. The largest absolute Gasteiger partial charge is 0.380 e. The zero-order chi connectivity index (χ0) is 14.8. The third kappa shape index (κ3) is 5.47. The lowest BCUT2D eigenvalue weighted by Crippen LogP contribution is -2.28. The van der Waals surface area contributed by atoms with Crippen LogP contribution in [0, 0.1) is 0 Å². The van der Waals surface area contributed by atoms with E-state index in [0.29, 0.717) is 6.04 Å². The minimum absolute atomic E-state index is 0.363. The van der Waals surface area contributed by atoms with Gasteiger partial charge >= 0.3 is 0 Å². The summed E-state index contributed by atoms with van der Waals surface area (Å²) in [6.07, 6.45) is 3.05. The molecule has 0 saturated carbocycles. The van der Waals surface area contributed by atoms with Crippen LogP contribution in [0.4, 0.5) is 5.82 Å². The van der Waals surface area contributed by atoms with E-state index in [9.17, 15) is 0 Å². The third-order valence-corrected chi connectivity index (χ3v) is 3.39. The normalized spacial score (nSPS) is 12.4. The second-order valence-corrected chi connectivity index (χ2v) is 4.90. The quantitative estimate of drug-likeness (QED) is 0.668. The van der Waals surface area contributed by atoms with E-state index in [2.05, 4.69) is 48.1 Å². The standard InChI is InChI=1S/C16H29N3O/c1-5-9-17-14(4)15-8-10-18-16(13-15)19(6-2)11-12-20-7-3/h8,10,13-14,17H,5-7,9,11-12H2,1-4H3. The van der Waals surface area contributed by atoms with Gasteiger partial charge in [0.1, 0.15) is 5.82 Å². The highest BCUT2D eigenvalue weighted by molar-refractivity contribution is 5.41. The van der Waals surface area contributed by atoms with Crippen molar-refractivity contribution in [1.29, 1.82) is 0 Å². The van der Waals surface area contributed by atoms with Gasteiger partial charge in [0.05, 0.1) is 6.61 Å². The number of ether oxygens (including phenoxy) is 1. The second kappa shape index (κ2) is 9.72. The molecule has 0 aromatic carbocycles. The van der Waals surface area contributed by atoms with Crippen LogP contribution in [0.2, 0.25) is 0 Å². The molecule has 1 heterocycles. The molecule has 0 saturated heterocycles. The molecule has 4 nitrogen and oxygen atoms in total. The maximum absolute atomic E-state index is 5.44. The summed E-state index contributed by atoms with van der Waals surface area (Å²) in [5.74, 6) is 1.04. The summed E-state index contributed by atoms with van der Waals surface area (Å²) in [4.78, 5) is 6.75. The number of likely N-dealkylation sites (N-methyl/N-ethyl adjacent to an activating group) is 1. The molecule has 1 unspecified atom stereocenters. The second-order valence-electron chi connectivity index (χ2n) is 4.90. The average molecular weight is 279 g/mol. The van der Waals surface area contributed by atoms with Crippen molar-refractivity contribution in [2.75, 3.05) is 37.7 Å². The SMILES string of the molecule is CCCNC(C)c1ccnc(N(CC)CCOCC)c1. The molecule has 0 aliphatic rings. The van der Waals surface area contributed by atoms with Crippen molar-refractivity contribution in [2.45, 2.75) is 40.2 Å². The van der Waals surface area contributed by atoms with Gasteiger partial charge in [-0.2, -0.15) is 0 Å². The van der Waals surface area contributed by atoms with E-state index in [1.165, 1.54) is 5.56 Å². The minimum Gasteiger partial charge on any atom is -0.380 e. The zero-order valence-electron chi connectivity index (χ0n) is 13.4. The monoisotopic (exact) mass is 279 g/mol. The summed E-state index contributed by atoms with van der Waals surface area (Å²) in [7, 11) is 0. The Balaban J connectivity index is 2.68. The highest BCUT2D eigenvalue weighted by Crippen LogP contribution is 2.18. The average Bonchev–Trinajstić information content (AvgIpc) is 2.49. The third-order valence-electron chi connectivity index (χ3n) is 3.39. The molecule has 1 aromatic rings. The number of hydrogen-bond acceptors (Lipinski definition) is 4. The molecule has 0 fully saturated rings. The predicted molar refractivity (Wildman–Crippen MR) is 85.3 cm³/mol. The molecule has 0 spiro atoms. The van der Waals surface area contributed by atoms with Crippen molar-refractivity contribution in [3.63, 3.8) is 0 Å². The van der Waals surface area contributed by atoms with Crippen molar-refractivity contribution in [3.8, 4) is 0 Å². The molecule has 0 bridgehead atoms. The Labute approximate surface area is 123 Å². The highest BCUT2D eigenvalue weighted by Gasteiger charge is 2.09. The lowest BCUT2D eigenvalue weighted by molar-refractivity contribution is 0.154. The van der Waals surface area contributed by atoms with Crippen LogP contribution in [0.25, 0.3) is 0 Å². The van der Waals surface area contributed by atoms with Crippen LogP contribution in [0.3, 0.4) is 0 Å². The fraction of sp³-hybridized carbons (Fsp3) is 0.688. The molecule has 0 aliphatic carbocycles. The van der Waals surface area contributed by atoms with Gasteiger partial charge in [-0.25, -0.2) is 4.98 Å². The van der Waals surface area contributed by atoms with E-state index in [1.54, 1.807) is 0 Å². The maximum atomic E-state index is 5.44. The summed E-state index contributed by atoms with van der Waals surface area (Å²) in [5.41, 5.74) is 1.29. The van der Waals surface area contributed by atoms with E-state index < -0.39 is 0 Å². The lowest BCUT2D eigenvalue weighted by Gasteiger charge is -2.23. The van der Waals surface area contributed by atoms with E-state index in [1.807, 2.05) is 13.1 Å². The van der Waals surface area contributed by atoms with Crippen LogP contribution in [0.5, 0.6) is 0 Å². The first-order valence-electron chi connectivity index (χ1n) is 7.74. The van der Waals surface area contributed by atoms with Gasteiger partial charge in [0, 0.05) is 31.9 Å². The van der Waals surface area contributed by atoms with Gasteiger partial charge < -0.3 is 15.0 Å². The first kappa shape index (κ1) is 16.9. The first-order valence-corrected chi connectivity index (χ1v) is 7.74. The molecule has 1 rings (SSSR count). The van der Waals surface area contributed by atoms with Gasteiger partial charge in [-0.1, -0.05) is 6.92 Å². The molecule has 0 aliphatic heterocycles. The van der Waals surface area contributed by atoms with Crippen LogP contribution in [0.1, 0.15) is 45.7 Å². The van der Waals surface area contributed by atoms with E-state index in [0.717, 1.165) is 45.1 Å². The van der Waals surface area contributed by atoms with Crippen molar-refractivity contribution in [3.05, 3.63) is 23.9 Å². The molecule has 1 N–H and O–H groups in total. The Morgan fingerprint density at radius 3 is 2.80 bits per heavy atom. The topological polar surface area (TPSA) is 37.4 Å². The summed E-state index contributed by atoms with van der Waals surface area (Å²) in [5, 5.41) is 3.51. The van der Waals surface area contributed by atoms with Crippen molar-refractivity contribution >= 4 is 5.82 Å². The number of nitrogens with one attached hydrogen (secondary N) is 1. The molecule has 0 radical (unpaired) electrons. The number of nitrogens with zero attached hydrogens (tertiary/aromatic N) is 2. The zero-order valence-corrected chi connectivity index (χ0v) is 13.4. The Bertz CT molecular complexity index is 370. The predicted octanol–water partition coefficient (Wildman–Crippen LogP) is 3.01. The molecule has 114 valence electrons. The molecule has 20 heavy (non-hydrogen) atoms. The molecular formula is C16H29N3O. The van der Waals surface area contributed by atoms with Gasteiger partial charge in [-0.05, 0) is 51.4 Å². The van der Waals surface area contributed by atoms with E-state index in [-0.39, 0.29) is 0 Å². The Morgan fingerprint density at radius 2 is 2.15 bits per heavy atom. The Kier molecular flexibility index (Phi) is 8.23. The van der Waals surface area contributed by atoms with Crippen molar-refractivity contribution in [2.24, 2.45) is 0 Å². The smallest absolute Gasteiger partial charge is 0.128 e. The summed E-state index contributed by atoms with van der Waals surface area (Å²) in [6.45, 7) is 13.0. The molecular weight excluding hydrogens is 250 g/mol. The van der Waals surface area contributed by atoms with Gasteiger partial charge in [0.15, 0.2) is 0 Å². The first-order chi connectivity index (χ1) is 9.72. The van der Waals surface area contributed by atoms with Crippen LogP contribution in [-0.2, 0) is 4.74 Å². The maximum Gasteiger partial charge on any atom is 0.128 e. The lowest BCUT2D eigenvalue weighted by atomic mass is 10.1. The summed E-state index contributed by atoms with van der Waals surface area (Å²) in [6, 6.07) is 4.64. The molecule has 4 heteroatoms. The van der Waals surface area contributed by atoms with Crippen LogP contribution >= 0.6 is 0 Å². The molecule has 1 aromatic heterocycles. The number of rotatable bonds is 10. The van der Waals surface area contributed by atoms with Gasteiger partial charge in [-0.3, -0.25) is 0 Å². The Morgan fingerprint density at radius 1 is 1.35 bits per heavy atom. The van der Waals surface area contributed by atoms with Crippen LogP contribution in [0.15, 0.2) is 18.3 Å². The van der Waals surface area contributed by atoms with Gasteiger partial charge in [0.25, 0.3) is 0 Å². The highest BCUT2D eigenvalue weighted by atomic mass is 16.5. The minimum atomic E-state index is 0.363. The van der Waals surface area contributed by atoms with Crippen molar-refractivity contribution in [1.82, 2.24) is 10.3 Å². The van der Waals surface area contributed by atoms with Gasteiger partial charge in [0.2, 0.25) is 0 Å². The molecule has 0 amide bonds. The van der Waals surface area contributed by atoms with E-state index >= 15 is 0 Å². The molecule has 1 atom stereocenters. The summed E-state index contributed by atoms with van der Waals surface area (Å²) < 4.78 is 5.44. The van der Waals surface area contributed by atoms with E-state index in [4.69, 9.17) is 4.74 Å². The Hall–Kier alpha value is -1.13. The fourth-order valence-corrected chi connectivity index (χ4v) is 2.11. The van der Waals surface area contributed by atoms with Crippen molar-refractivity contribution < 1.29 is 4.74 Å². The number of hydrogen-bond donors (Lipinski definition) is 1. The number of aromatic nitrogens is 1. The number of pyridine rings is 1.